The van der Waals surface area contributed by atoms with Gasteiger partial charge in [0.25, 0.3) is 0 Å². The van der Waals surface area contributed by atoms with E-state index in [1.54, 1.807) is 14.2 Å². The second-order valence-electron chi connectivity index (χ2n) is 3.44. The fourth-order valence-corrected chi connectivity index (χ4v) is 2.36. The Bertz CT molecular complexity index is 433. The number of rotatable bonds is 4. The molecular formula is C12H13BrO3. The lowest BCUT2D eigenvalue weighted by Gasteiger charge is -2.26. The Morgan fingerprint density at radius 2 is 1.94 bits per heavy atom. The number of hydrogen-bond acceptors (Lipinski definition) is 3. The molecule has 0 aliphatic heterocycles. The number of ether oxygens (including phenoxy) is 2. The molecule has 1 aromatic carbocycles. The lowest BCUT2D eigenvalue weighted by Crippen LogP contribution is -2.32. The molecule has 1 heterocycles. The first-order valence-corrected chi connectivity index (χ1v) is 6.03. The van der Waals surface area contributed by atoms with E-state index in [2.05, 4.69) is 15.9 Å². The molecule has 1 aromatic heterocycles. The minimum absolute atomic E-state index is 0.507. The van der Waals surface area contributed by atoms with E-state index in [1.807, 2.05) is 30.3 Å². The molecule has 0 amide bonds. The number of benzene rings is 1. The van der Waals surface area contributed by atoms with Crippen molar-refractivity contribution in [3.05, 3.63) is 36.1 Å². The first-order chi connectivity index (χ1) is 7.75. The Labute approximate surface area is 102 Å². The van der Waals surface area contributed by atoms with Gasteiger partial charge in [0.1, 0.15) is 5.58 Å². The first-order valence-electron chi connectivity index (χ1n) is 4.91. The monoisotopic (exact) mass is 284 g/mol. The lowest BCUT2D eigenvalue weighted by molar-refractivity contribution is -0.207. The molecule has 0 aliphatic carbocycles. The van der Waals surface area contributed by atoms with Crippen LogP contribution in [0.25, 0.3) is 11.0 Å². The normalized spacial score (nSPS) is 12.2. The minimum Gasteiger partial charge on any atom is -0.455 e. The molecule has 2 aromatic rings. The van der Waals surface area contributed by atoms with Crippen molar-refractivity contribution in [2.45, 2.75) is 5.79 Å². The van der Waals surface area contributed by atoms with Gasteiger partial charge >= 0.3 is 0 Å². The fraction of sp³-hybridized carbons (Fsp3) is 0.333. The van der Waals surface area contributed by atoms with Crippen molar-refractivity contribution < 1.29 is 13.9 Å². The Balaban J connectivity index is 2.53. The number of methoxy groups -OCH3 is 2. The second kappa shape index (κ2) is 4.57. The smallest absolute Gasteiger partial charge is 0.237 e. The molecule has 0 saturated heterocycles. The van der Waals surface area contributed by atoms with Gasteiger partial charge in [0, 0.05) is 19.6 Å². The SMILES string of the molecule is COC(CBr)(OC)c1cc2ccccc2o1. The molecule has 2 rings (SSSR count). The summed E-state index contributed by atoms with van der Waals surface area (Å²) in [5.41, 5.74) is 0.830. The van der Waals surface area contributed by atoms with E-state index in [9.17, 15) is 0 Å². The maximum Gasteiger partial charge on any atom is 0.237 e. The zero-order valence-electron chi connectivity index (χ0n) is 9.20. The van der Waals surface area contributed by atoms with Crippen LogP contribution in [0.15, 0.2) is 34.7 Å². The third-order valence-corrected chi connectivity index (χ3v) is 3.37. The summed E-state index contributed by atoms with van der Waals surface area (Å²) in [6.07, 6.45) is 0. The van der Waals surface area contributed by atoms with Gasteiger partial charge in [-0.25, -0.2) is 0 Å². The number of alkyl halides is 1. The van der Waals surface area contributed by atoms with Crippen LogP contribution in [-0.4, -0.2) is 19.5 Å². The maximum atomic E-state index is 5.73. The average molecular weight is 285 g/mol. The van der Waals surface area contributed by atoms with Gasteiger partial charge in [0.15, 0.2) is 5.76 Å². The van der Waals surface area contributed by atoms with Crippen LogP contribution in [0.2, 0.25) is 0 Å². The largest absolute Gasteiger partial charge is 0.455 e. The molecule has 0 N–H and O–H groups in total. The zero-order valence-corrected chi connectivity index (χ0v) is 10.8. The molecule has 0 radical (unpaired) electrons. The summed E-state index contributed by atoms with van der Waals surface area (Å²) in [5, 5.41) is 1.55. The van der Waals surface area contributed by atoms with Crippen LogP contribution in [0.1, 0.15) is 5.76 Å². The van der Waals surface area contributed by atoms with Gasteiger partial charge in [0.05, 0.1) is 5.33 Å². The molecule has 16 heavy (non-hydrogen) atoms. The molecule has 0 atom stereocenters. The molecule has 0 bridgehead atoms. The third-order valence-electron chi connectivity index (χ3n) is 2.64. The summed E-state index contributed by atoms with van der Waals surface area (Å²) in [6.45, 7) is 0. The highest BCUT2D eigenvalue weighted by Gasteiger charge is 2.34. The van der Waals surface area contributed by atoms with E-state index in [4.69, 9.17) is 13.9 Å². The van der Waals surface area contributed by atoms with E-state index < -0.39 is 5.79 Å². The van der Waals surface area contributed by atoms with Gasteiger partial charge in [0.2, 0.25) is 5.79 Å². The standard InChI is InChI=1S/C12H13BrO3/c1-14-12(8-13,15-2)11-7-9-5-3-4-6-10(9)16-11/h3-7H,8H2,1-2H3. The van der Waals surface area contributed by atoms with Gasteiger partial charge < -0.3 is 13.9 Å². The molecule has 0 fully saturated rings. The average Bonchev–Trinajstić information content (AvgIpc) is 2.76. The first kappa shape index (κ1) is 11.6. The number of halogens is 1. The lowest BCUT2D eigenvalue weighted by atomic mass is 10.2. The van der Waals surface area contributed by atoms with Gasteiger partial charge in [-0.05, 0) is 12.1 Å². The number of furan rings is 1. The molecule has 0 unspecified atom stereocenters. The summed E-state index contributed by atoms with van der Waals surface area (Å²) in [4.78, 5) is 0. The Hall–Kier alpha value is -0.840. The van der Waals surface area contributed by atoms with Crippen molar-refractivity contribution in [1.82, 2.24) is 0 Å². The predicted molar refractivity (Wildman–Crippen MR) is 65.7 cm³/mol. The molecule has 0 aliphatic rings. The predicted octanol–water partition coefficient (Wildman–Crippen LogP) is 3.27. The topological polar surface area (TPSA) is 31.6 Å². The minimum atomic E-state index is -0.862. The maximum absolute atomic E-state index is 5.73. The second-order valence-corrected chi connectivity index (χ2v) is 4.00. The Kier molecular flexibility index (Phi) is 3.33. The van der Waals surface area contributed by atoms with Crippen molar-refractivity contribution in [2.75, 3.05) is 19.5 Å². The van der Waals surface area contributed by atoms with E-state index in [0.29, 0.717) is 11.1 Å². The van der Waals surface area contributed by atoms with Crippen LogP contribution in [0.5, 0.6) is 0 Å². The summed E-state index contributed by atoms with van der Waals surface area (Å²) in [5.74, 6) is -0.200. The van der Waals surface area contributed by atoms with E-state index >= 15 is 0 Å². The van der Waals surface area contributed by atoms with Gasteiger partial charge in [-0.15, -0.1) is 0 Å². The van der Waals surface area contributed by atoms with Gasteiger partial charge in [-0.1, -0.05) is 34.1 Å². The van der Waals surface area contributed by atoms with E-state index in [0.717, 1.165) is 11.0 Å². The van der Waals surface area contributed by atoms with Crippen molar-refractivity contribution in [3.63, 3.8) is 0 Å². The molecular weight excluding hydrogens is 272 g/mol. The van der Waals surface area contributed by atoms with Crippen LogP contribution in [-0.2, 0) is 15.3 Å². The molecule has 3 nitrogen and oxygen atoms in total. The summed E-state index contributed by atoms with van der Waals surface area (Å²) in [6, 6.07) is 9.75. The highest BCUT2D eigenvalue weighted by Crippen LogP contribution is 2.32. The third kappa shape index (κ3) is 1.77. The van der Waals surface area contributed by atoms with Crippen molar-refractivity contribution >= 4 is 26.9 Å². The van der Waals surface area contributed by atoms with E-state index in [-0.39, 0.29) is 0 Å². The van der Waals surface area contributed by atoms with E-state index in [1.165, 1.54) is 0 Å². The number of para-hydroxylation sites is 1. The molecule has 0 spiro atoms. The Morgan fingerprint density at radius 3 is 2.50 bits per heavy atom. The summed E-state index contributed by atoms with van der Waals surface area (Å²) >= 11 is 3.38. The quantitative estimate of drug-likeness (QED) is 0.638. The number of fused-ring (bicyclic) bond motifs is 1. The van der Waals surface area contributed by atoms with Gasteiger partial charge in [-0.3, -0.25) is 0 Å². The highest BCUT2D eigenvalue weighted by molar-refractivity contribution is 9.09. The zero-order chi connectivity index (χ0) is 11.6. The van der Waals surface area contributed by atoms with Crippen LogP contribution in [0.3, 0.4) is 0 Å². The van der Waals surface area contributed by atoms with Gasteiger partial charge in [-0.2, -0.15) is 0 Å². The molecule has 0 saturated carbocycles. The molecule has 4 heteroatoms. The Morgan fingerprint density at radius 1 is 1.25 bits per heavy atom. The summed E-state index contributed by atoms with van der Waals surface area (Å²) in [7, 11) is 3.19. The van der Waals surface area contributed by atoms with Crippen molar-refractivity contribution in [3.8, 4) is 0 Å². The highest BCUT2D eigenvalue weighted by atomic mass is 79.9. The molecule has 86 valence electrons. The van der Waals surface area contributed by atoms with Crippen LogP contribution in [0.4, 0.5) is 0 Å². The number of hydrogen-bond donors (Lipinski definition) is 0. The fourth-order valence-electron chi connectivity index (χ4n) is 1.63. The van der Waals surface area contributed by atoms with Crippen LogP contribution < -0.4 is 0 Å². The van der Waals surface area contributed by atoms with Crippen LogP contribution >= 0.6 is 15.9 Å². The van der Waals surface area contributed by atoms with Crippen molar-refractivity contribution in [2.24, 2.45) is 0 Å². The summed E-state index contributed by atoms with van der Waals surface area (Å²) < 4.78 is 16.5. The van der Waals surface area contributed by atoms with Crippen molar-refractivity contribution in [1.29, 1.82) is 0 Å². The van der Waals surface area contributed by atoms with Crippen LogP contribution in [0, 0.1) is 0 Å².